The molecule has 1 atom stereocenters. The molecule has 2 heterocycles. The van der Waals surface area contributed by atoms with Crippen LogP contribution in [0.25, 0.3) is 5.65 Å². The average Bonchev–Trinajstić information content (AvgIpc) is 2.71. The van der Waals surface area contributed by atoms with E-state index >= 15 is 0 Å². The van der Waals surface area contributed by atoms with Crippen LogP contribution >= 0.6 is 0 Å². The molecule has 1 aromatic carbocycles. The molecule has 0 spiro atoms. The van der Waals surface area contributed by atoms with Crippen LogP contribution in [0.4, 0.5) is 0 Å². The third-order valence-electron chi connectivity index (χ3n) is 4.35. The van der Waals surface area contributed by atoms with Gasteiger partial charge in [0, 0.05) is 11.8 Å². The topological polar surface area (TPSA) is 116 Å². The monoisotopic (exact) mass is 431 g/mol. The predicted octanol–water partition coefficient (Wildman–Crippen LogP) is 1.42. The molecule has 2 aromatic heterocycles. The zero-order valence-electron chi connectivity index (χ0n) is 16.7. The minimum atomic E-state index is -3.93. The summed E-state index contributed by atoms with van der Waals surface area (Å²) < 4.78 is 38.7. The van der Waals surface area contributed by atoms with Crippen LogP contribution in [-0.4, -0.2) is 36.9 Å². The third-order valence-corrected chi connectivity index (χ3v) is 5.91. The molecular weight excluding hydrogens is 410 g/mol. The van der Waals surface area contributed by atoms with Crippen molar-refractivity contribution in [2.45, 2.75) is 31.4 Å². The second kappa shape index (κ2) is 8.64. The Morgan fingerprint density at radius 1 is 1.20 bits per heavy atom. The van der Waals surface area contributed by atoms with Crippen molar-refractivity contribution in [3.05, 3.63) is 70.3 Å². The number of esters is 1. The summed E-state index contributed by atoms with van der Waals surface area (Å²) >= 11 is 0. The van der Waals surface area contributed by atoms with Crippen molar-refractivity contribution in [2.24, 2.45) is 0 Å². The van der Waals surface area contributed by atoms with Crippen LogP contribution in [0, 0.1) is 6.92 Å². The first-order chi connectivity index (χ1) is 14.2. The molecule has 0 bridgehead atoms. The second-order valence-electron chi connectivity index (χ2n) is 6.57. The number of nitrogens with one attached hydrogen (secondary N) is 1. The van der Waals surface area contributed by atoms with E-state index in [0.29, 0.717) is 11.4 Å². The Kier molecular flexibility index (Phi) is 6.18. The van der Waals surface area contributed by atoms with E-state index in [4.69, 9.17) is 9.47 Å². The smallest absolute Gasteiger partial charge is 0.324 e. The van der Waals surface area contributed by atoms with Gasteiger partial charge in [0.2, 0.25) is 10.0 Å². The van der Waals surface area contributed by atoms with E-state index in [0.717, 1.165) is 5.69 Å². The molecule has 0 fully saturated rings. The average molecular weight is 431 g/mol. The van der Waals surface area contributed by atoms with E-state index in [1.807, 2.05) is 0 Å². The molecule has 3 rings (SSSR count). The van der Waals surface area contributed by atoms with Gasteiger partial charge in [-0.3, -0.25) is 14.0 Å². The molecule has 1 unspecified atom stereocenters. The summed E-state index contributed by atoms with van der Waals surface area (Å²) in [6, 6.07) is 11.1. The quantitative estimate of drug-likeness (QED) is 0.563. The first-order valence-corrected chi connectivity index (χ1v) is 10.5. The molecule has 10 heteroatoms. The van der Waals surface area contributed by atoms with Gasteiger partial charge in [-0.2, -0.15) is 4.72 Å². The van der Waals surface area contributed by atoms with Crippen molar-refractivity contribution in [3.8, 4) is 5.75 Å². The number of methoxy groups -OCH3 is 1. The SMILES string of the molecule is COc1ccc(S(=O)(=O)NC(C)C(=O)OCc2cc(=O)n3c(C)cccc3n2)cc1. The molecule has 0 radical (unpaired) electrons. The van der Waals surface area contributed by atoms with Gasteiger partial charge in [-0.1, -0.05) is 6.07 Å². The number of rotatable bonds is 7. The Hall–Kier alpha value is -3.24. The van der Waals surface area contributed by atoms with Crippen molar-refractivity contribution in [1.82, 2.24) is 14.1 Å². The van der Waals surface area contributed by atoms with Gasteiger partial charge in [-0.05, 0) is 50.2 Å². The highest BCUT2D eigenvalue weighted by Crippen LogP contribution is 2.16. The number of aryl methyl sites for hydroxylation is 1. The number of sulfonamides is 1. The summed E-state index contributed by atoms with van der Waals surface area (Å²) in [5, 5.41) is 0. The van der Waals surface area contributed by atoms with E-state index in [1.165, 1.54) is 48.8 Å². The number of carbonyl (C=O) groups excluding carboxylic acids is 1. The summed E-state index contributed by atoms with van der Waals surface area (Å²) in [4.78, 5) is 28.8. The molecule has 158 valence electrons. The molecular formula is C20H21N3O6S. The highest BCUT2D eigenvalue weighted by Gasteiger charge is 2.23. The normalized spacial score (nSPS) is 12.5. The molecule has 0 aliphatic rings. The van der Waals surface area contributed by atoms with Crippen LogP contribution in [0.15, 0.2) is 58.2 Å². The van der Waals surface area contributed by atoms with Gasteiger partial charge in [-0.15, -0.1) is 0 Å². The zero-order valence-corrected chi connectivity index (χ0v) is 17.5. The van der Waals surface area contributed by atoms with E-state index in [1.54, 1.807) is 25.1 Å². The van der Waals surface area contributed by atoms with Crippen LogP contribution in [0.3, 0.4) is 0 Å². The Balaban J connectivity index is 1.67. The number of carbonyl (C=O) groups is 1. The van der Waals surface area contributed by atoms with Gasteiger partial charge in [0.15, 0.2) is 0 Å². The minimum Gasteiger partial charge on any atom is -0.497 e. The van der Waals surface area contributed by atoms with Crippen molar-refractivity contribution in [1.29, 1.82) is 0 Å². The van der Waals surface area contributed by atoms with Crippen LogP contribution < -0.4 is 15.0 Å². The summed E-state index contributed by atoms with van der Waals surface area (Å²) in [6.45, 7) is 2.90. The van der Waals surface area contributed by atoms with E-state index in [-0.39, 0.29) is 22.8 Å². The zero-order chi connectivity index (χ0) is 21.9. The summed E-state index contributed by atoms with van der Waals surface area (Å²) in [7, 11) is -2.46. The lowest BCUT2D eigenvalue weighted by Crippen LogP contribution is -2.39. The summed E-state index contributed by atoms with van der Waals surface area (Å²) in [5.41, 5.74) is 1.14. The number of fused-ring (bicyclic) bond motifs is 1. The summed E-state index contributed by atoms with van der Waals surface area (Å²) in [5.74, 6) is -0.284. The molecule has 0 aliphatic heterocycles. The largest absolute Gasteiger partial charge is 0.497 e. The number of hydrogen-bond donors (Lipinski definition) is 1. The Morgan fingerprint density at radius 2 is 1.90 bits per heavy atom. The lowest BCUT2D eigenvalue weighted by Gasteiger charge is -2.14. The van der Waals surface area contributed by atoms with Gasteiger partial charge >= 0.3 is 5.97 Å². The first kappa shape index (κ1) is 21.5. The van der Waals surface area contributed by atoms with E-state index in [2.05, 4.69) is 9.71 Å². The Labute approximate surface area is 173 Å². The van der Waals surface area contributed by atoms with Gasteiger partial charge in [0.1, 0.15) is 24.0 Å². The maximum Gasteiger partial charge on any atom is 0.324 e. The third kappa shape index (κ3) is 4.66. The molecule has 1 N–H and O–H groups in total. The minimum absolute atomic E-state index is 0.0115. The molecule has 0 saturated carbocycles. The number of aromatic nitrogens is 2. The molecule has 0 saturated heterocycles. The Bertz CT molecular complexity index is 1240. The Morgan fingerprint density at radius 3 is 2.57 bits per heavy atom. The van der Waals surface area contributed by atoms with Gasteiger partial charge in [-0.25, -0.2) is 13.4 Å². The fourth-order valence-electron chi connectivity index (χ4n) is 2.81. The van der Waals surface area contributed by atoms with E-state index < -0.39 is 22.0 Å². The van der Waals surface area contributed by atoms with Gasteiger partial charge < -0.3 is 9.47 Å². The molecule has 30 heavy (non-hydrogen) atoms. The van der Waals surface area contributed by atoms with Gasteiger partial charge in [0.25, 0.3) is 5.56 Å². The predicted molar refractivity (Wildman–Crippen MR) is 109 cm³/mol. The first-order valence-electron chi connectivity index (χ1n) is 9.02. The molecule has 0 aliphatic carbocycles. The van der Waals surface area contributed by atoms with Crippen LogP contribution in [-0.2, 0) is 26.2 Å². The van der Waals surface area contributed by atoms with Crippen LogP contribution in [0.2, 0.25) is 0 Å². The molecule has 3 aromatic rings. The van der Waals surface area contributed by atoms with Crippen LogP contribution in [0.1, 0.15) is 18.3 Å². The van der Waals surface area contributed by atoms with Crippen molar-refractivity contribution in [3.63, 3.8) is 0 Å². The van der Waals surface area contributed by atoms with E-state index in [9.17, 15) is 18.0 Å². The number of hydrogen-bond acceptors (Lipinski definition) is 7. The number of nitrogens with zero attached hydrogens (tertiary/aromatic N) is 2. The summed E-state index contributed by atoms with van der Waals surface area (Å²) in [6.07, 6.45) is 0. The standard InChI is InChI=1S/C20H21N3O6S/c1-13-5-4-6-18-21-15(11-19(24)23(13)18)12-29-20(25)14(2)22-30(26,27)17-9-7-16(28-3)8-10-17/h4-11,14,22H,12H2,1-3H3. The van der Waals surface area contributed by atoms with Gasteiger partial charge in [0.05, 0.1) is 17.7 Å². The lowest BCUT2D eigenvalue weighted by atomic mass is 10.3. The van der Waals surface area contributed by atoms with Crippen molar-refractivity contribution in [2.75, 3.05) is 7.11 Å². The lowest BCUT2D eigenvalue weighted by molar-refractivity contribution is -0.146. The fourth-order valence-corrected chi connectivity index (χ4v) is 4.00. The number of ether oxygens (including phenoxy) is 2. The number of pyridine rings is 1. The van der Waals surface area contributed by atoms with Crippen molar-refractivity contribution >= 4 is 21.6 Å². The maximum absolute atomic E-state index is 12.4. The van der Waals surface area contributed by atoms with Crippen LogP contribution in [0.5, 0.6) is 5.75 Å². The maximum atomic E-state index is 12.4. The van der Waals surface area contributed by atoms with Crippen molar-refractivity contribution < 1.29 is 22.7 Å². The highest BCUT2D eigenvalue weighted by molar-refractivity contribution is 7.89. The second-order valence-corrected chi connectivity index (χ2v) is 8.29. The number of benzene rings is 1. The molecule has 9 nitrogen and oxygen atoms in total. The highest BCUT2D eigenvalue weighted by atomic mass is 32.2. The molecule has 0 amide bonds. The fraction of sp³-hybridized carbons (Fsp3) is 0.250.